The molecule has 1 aromatic rings. The van der Waals surface area contributed by atoms with Crippen molar-refractivity contribution in [1.82, 2.24) is 0 Å². The standard InChI is InChI=1S/C13H13ClO2/c14-11-7-9(13(4-5-13)12(15)16)6-8-2-1-3-10(8)11/h6-7H,1-5H2,(H,15,16). The molecule has 84 valence electrons. The minimum Gasteiger partial charge on any atom is -0.481 e. The van der Waals surface area contributed by atoms with Crippen molar-refractivity contribution in [3.63, 3.8) is 0 Å². The molecule has 0 unspecified atom stereocenters. The Bertz CT molecular complexity index is 475. The van der Waals surface area contributed by atoms with Crippen molar-refractivity contribution in [3.05, 3.63) is 33.8 Å². The number of hydrogen-bond donors (Lipinski definition) is 1. The van der Waals surface area contributed by atoms with E-state index in [1.807, 2.05) is 6.07 Å². The Balaban J connectivity index is 2.10. The summed E-state index contributed by atoms with van der Waals surface area (Å²) in [4.78, 5) is 11.3. The molecular weight excluding hydrogens is 224 g/mol. The number of rotatable bonds is 2. The van der Waals surface area contributed by atoms with Gasteiger partial charge in [-0.25, -0.2) is 0 Å². The smallest absolute Gasteiger partial charge is 0.314 e. The van der Waals surface area contributed by atoms with Gasteiger partial charge >= 0.3 is 5.97 Å². The van der Waals surface area contributed by atoms with E-state index in [4.69, 9.17) is 11.6 Å². The number of hydrogen-bond acceptors (Lipinski definition) is 1. The molecule has 1 aromatic carbocycles. The molecule has 0 spiro atoms. The minimum absolute atomic E-state index is 0.624. The number of aryl methyl sites for hydroxylation is 1. The molecule has 2 aliphatic rings. The topological polar surface area (TPSA) is 37.3 Å². The van der Waals surface area contributed by atoms with Gasteiger partial charge in [-0.2, -0.15) is 0 Å². The van der Waals surface area contributed by atoms with Gasteiger partial charge in [-0.1, -0.05) is 17.7 Å². The summed E-state index contributed by atoms with van der Waals surface area (Å²) in [6, 6.07) is 3.93. The predicted octanol–water partition coefficient (Wildman–Crippen LogP) is 2.94. The highest BCUT2D eigenvalue weighted by molar-refractivity contribution is 6.31. The van der Waals surface area contributed by atoms with Gasteiger partial charge in [0.1, 0.15) is 0 Å². The maximum atomic E-state index is 11.3. The second-order valence-corrected chi connectivity index (χ2v) is 5.24. The van der Waals surface area contributed by atoms with E-state index in [9.17, 15) is 9.90 Å². The van der Waals surface area contributed by atoms with Crippen LogP contribution in [0.25, 0.3) is 0 Å². The molecule has 3 heteroatoms. The van der Waals surface area contributed by atoms with Crippen molar-refractivity contribution in [1.29, 1.82) is 0 Å². The number of carbonyl (C=O) groups is 1. The van der Waals surface area contributed by atoms with Gasteiger partial charge in [-0.3, -0.25) is 4.79 Å². The summed E-state index contributed by atoms with van der Waals surface area (Å²) in [5.41, 5.74) is 2.77. The lowest BCUT2D eigenvalue weighted by atomic mass is 9.93. The van der Waals surface area contributed by atoms with Crippen LogP contribution in [-0.4, -0.2) is 11.1 Å². The first-order valence-corrected chi connectivity index (χ1v) is 6.06. The van der Waals surface area contributed by atoms with E-state index >= 15 is 0 Å². The molecule has 0 bridgehead atoms. The van der Waals surface area contributed by atoms with Crippen molar-refractivity contribution >= 4 is 17.6 Å². The number of aliphatic carboxylic acids is 1. The van der Waals surface area contributed by atoms with Crippen molar-refractivity contribution in [2.24, 2.45) is 0 Å². The Morgan fingerprint density at radius 3 is 2.69 bits per heavy atom. The average Bonchev–Trinajstić information content (AvgIpc) is 2.92. The van der Waals surface area contributed by atoms with Gasteiger partial charge in [0.25, 0.3) is 0 Å². The summed E-state index contributed by atoms with van der Waals surface area (Å²) in [5.74, 6) is -0.707. The van der Waals surface area contributed by atoms with Gasteiger partial charge in [0.2, 0.25) is 0 Å². The zero-order chi connectivity index (χ0) is 11.3. The van der Waals surface area contributed by atoms with E-state index in [1.165, 1.54) is 11.1 Å². The Labute approximate surface area is 99.2 Å². The van der Waals surface area contributed by atoms with E-state index in [-0.39, 0.29) is 0 Å². The monoisotopic (exact) mass is 236 g/mol. The molecule has 0 radical (unpaired) electrons. The lowest BCUT2D eigenvalue weighted by Gasteiger charge is -2.13. The molecule has 16 heavy (non-hydrogen) atoms. The third-order valence-corrected chi connectivity index (χ3v) is 4.21. The molecule has 0 saturated heterocycles. The maximum absolute atomic E-state index is 11.3. The zero-order valence-corrected chi connectivity index (χ0v) is 9.68. The van der Waals surface area contributed by atoms with Crippen LogP contribution in [0, 0.1) is 0 Å². The van der Waals surface area contributed by atoms with Crippen molar-refractivity contribution in [2.45, 2.75) is 37.5 Å². The Hall–Kier alpha value is -1.02. The average molecular weight is 237 g/mol. The second kappa shape index (κ2) is 3.24. The lowest BCUT2D eigenvalue weighted by molar-refractivity contribution is -0.140. The van der Waals surface area contributed by atoms with E-state index in [2.05, 4.69) is 6.07 Å². The summed E-state index contributed by atoms with van der Waals surface area (Å²) in [6.45, 7) is 0. The van der Waals surface area contributed by atoms with Gasteiger partial charge in [-0.15, -0.1) is 0 Å². The molecule has 0 amide bonds. The van der Waals surface area contributed by atoms with E-state index in [1.54, 1.807) is 0 Å². The summed E-state index contributed by atoms with van der Waals surface area (Å²) in [7, 11) is 0. The number of benzene rings is 1. The van der Waals surface area contributed by atoms with Crippen LogP contribution in [0.4, 0.5) is 0 Å². The first-order chi connectivity index (χ1) is 7.63. The Morgan fingerprint density at radius 1 is 1.31 bits per heavy atom. The van der Waals surface area contributed by atoms with Gasteiger partial charge in [0.05, 0.1) is 5.41 Å². The fourth-order valence-corrected chi connectivity index (χ4v) is 3.01. The summed E-state index contributed by atoms with van der Waals surface area (Å²) in [5, 5.41) is 10.0. The molecular formula is C13H13ClO2. The van der Waals surface area contributed by atoms with E-state index in [0.717, 1.165) is 42.7 Å². The van der Waals surface area contributed by atoms with Gasteiger partial charge in [-0.05, 0) is 54.9 Å². The van der Waals surface area contributed by atoms with Crippen LogP contribution in [0.3, 0.4) is 0 Å². The van der Waals surface area contributed by atoms with E-state index in [0.29, 0.717) is 0 Å². The van der Waals surface area contributed by atoms with Crippen LogP contribution in [0.5, 0.6) is 0 Å². The molecule has 1 saturated carbocycles. The highest BCUT2D eigenvalue weighted by atomic mass is 35.5. The molecule has 2 nitrogen and oxygen atoms in total. The van der Waals surface area contributed by atoms with Crippen molar-refractivity contribution in [2.75, 3.05) is 0 Å². The highest BCUT2D eigenvalue weighted by Crippen LogP contribution is 2.50. The predicted molar refractivity (Wildman–Crippen MR) is 62.0 cm³/mol. The molecule has 0 heterocycles. The summed E-state index contributed by atoms with van der Waals surface area (Å²) in [6.07, 6.45) is 4.71. The fourth-order valence-electron chi connectivity index (χ4n) is 2.68. The molecule has 0 aromatic heterocycles. The second-order valence-electron chi connectivity index (χ2n) is 4.84. The van der Waals surface area contributed by atoms with Crippen LogP contribution in [0.15, 0.2) is 12.1 Å². The fraction of sp³-hybridized carbons (Fsp3) is 0.462. The number of halogens is 1. The van der Waals surface area contributed by atoms with Crippen LogP contribution in [0.1, 0.15) is 36.0 Å². The third-order valence-electron chi connectivity index (χ3n) is 3.87. The highest BCUT2D eigenvalue weighted by Gasteiger charge is 2.52. The van der Waals surface area contributed by atoms with Gasteiger partial charge in [0.15, 0.2) is 0 Å². The largest absolute Gasteiger partial charge is 0.481 e. The normalized spacial score (nSPS) is 20.6. The number of fused-ring (bicyclic) bond motifs is 1. The number of carboxylic acid groups (broad SMARTS) is 1. The van der Waals surface area contributed by atoms with Gasteiger partial charge in [0, 0.05) is 5.02 Å². The zero-order valence-electron chi connectivity index (χ0n) is 8.92. The van der Waals surface area contributed by atoms with Crippen LogP contribution in [0.2, 0.25) is 5.02 Å². The quantitative estimate of drug-likeness (QED) is 0.857. The molecule has 3 rings (SSSR count). The van der Waals surface area contributed by atoms with Crippen molar-refractivity contribution < 1.29 is 9.90 Å². The molecule has 0 aliphatic heterocycles. The van der Waals surface area contributed by atoms with Crippen LogP contribution in [-0.2, 0) is 23.1 Å². The SMILES string of the molecule is O=C(O)C1(c2cc(Cl)c3c(c2)CCC3)CC1. The molecule has 1 fully saturated rings. The van der Waals surface area contributed by atoms with Crippen molar-refractivity contribution in [3.8, 4) is 0 Å². The summed E-state index contributed by atoms with van der Waals surface area (Å²) >= 11 is 6.22. The van der Waals surface area contributed by atoms with Crippen LogP contribution < -0.4 is 0 Å². The Morgan fingerprint density at radius 2 is 2.06 bits per heavy atom. The Kier molecular flexibility index (Phi) is 2.05. The first kappa shape index (κ1) is 10.2. The first-order valence-electron chi connectivity index (χ1n) is 5.69. The molecule has 0 atom stereocenters. The number of carboxylic acids is 1. The van der Waals surface area contributed by atoms with Gasteiger partial charge < -0.3 is 5.11 Å². The summed E-state index contributed by atoms with van der Waals surface area (Å²) < 4.78 is 0. The lowest BCUT2D eigenvalue weighted by Crippen LogP contribution is -2.19. The molecule has 1 N–H and O–H groups in total. The maximum Gasteiger partial charge on any atom is 0.314 e. The molecule has 2 aliphatic carbocycles. The van der Waals surface area contributed by atoms with Crippen LogP contribution >= 0.6 is 11.6 Å². The minimum atomic E-state index is -0.707. The van der Waals surface area contributed by atoms with E-state index < -0.39 is 11.4 Å². The third kappa shape index (κ3) is 1.29.